The monoisotopic (exact) mass is 244 g/mol. The molecule has 0 aromatic carbocycles. The van der Waals surface area contributed by atoms with Crippen LogP contribution in [0.15, 0.2) is 0 Å². The Hall–Kier alpha value is -0.610. The fourth-order valence-corrected chi connectivity index (χ4v) is 1.25. The summed E-state index contributed by atoms with van der Waals surface area (Å²) in [6.45, 7) is 10.3. The van der Waals surface area contributed by atoms with Crippen molar-refractivity contribution in [2.24, 2.45) is 11.7 Å². The van der Waals surface area contributed by atoms with Gasteiger partial charge in [0.2, 0.25) is 5.91 Å². The summed E-state index contributed by atoms with van der Waals surface area (Å²) in [7, 11) is 0. The summed E-state index contributed by atoms with van der Waals surface area (Å²) in [5, 5.41) is 2.87. The van der Waals surface area contributed by atoms with Crippen molar-refractivity contribution < 1.29 is 9.53 Å². The molecule has 0 aliphatic rings. The third-order valence-corrected chi connectivity index (χ3v) is 2.24. The van der Waals surface area contributed by atoms with Crippen LogP contribution in [0.5, 0.6) is 0 Å². The molecule has 17 heavy (non-hydrogen) atoms. The Kier molecular flexibility index (Phi) is 8.17. The normalized spacial score (nSPS) is 11.9. The molecule has 0 saturated heterocycles. The van der Waals surface area contributed by atoms with Gasteiger partial charge >= 0.3 is 0 Å². The van der Waals surface area contributed by atoms with Crippen LogP contribution in [0.1, 0.15) is 47.0 Å². The SMILES string of the molecule is CC(C)COCCCNC(=O)CCC(C)(C)N. The summed E-state index contributed by atoms with van der Waals surface area (Å²) in [5.41, 5.74) is 5.54. The molecule has 0 rings (SSSR count). The number of carbonyl (C=O) groups excluding carboxylic acids is 1. The highest BCUT2D eigenvalue weighted by molar-refractivity contribution is 5.75. The van der Waals surface area contributed by atoms with Gasteiger partial charge in [-0.3, -0.25) is 4.79 Å². The maximum atomic E-state index is 11.4. The molecular weight excluding hydrogens is 216 g/mol. The minimum atomic E-state index is -0.266. The smallest absolute Gasteiger partial charge is 0.220 e. The molecule has 4 heteroatoms. The van der Waals surface area contributed by atoms with Crippen LogP contribution in [0.2, 0.25) is 0 Å². The van der Waals surface area contributed by atoms with Crippen LogP contribution >= 0.6 is 0 Å². The highest BCUT2D eigenvalue weighted by atomic mass is 16.5. The lowest BCUT2D eigenvalue weighted by atomic mass is 10.00. The van der Waals surface area contributed by atoms with E-state index in [1.165, 1.54) is 0 Å². The maximum absolute atomic E-state index is 11.4. The summed E-state index contributed by atoms with van der Waals surface area (Å²) < 4.78 is 5.42. The van der Waals surface area contributed by atoms with Gasteiger partial charge in [0.25, 0.3) is 0 Å². The minimum absolute atomic E-state index is 0.0763. The molecule has 0 unspecified atom stereocenters. The fraction of sp³-hybridized carbons (Fsp3) is 0.923. The van der Waals surface area contributed by atoms with Crippen LogP contribution in [0.4, 0.5) is 0 Å². The van der Waals surface area contributed by atoms with Crippen molar-refractivity contribution in [1.29, 1.82) is 0 Å². The second-order valence-corrected chi connectivity index (χ2v) is 5.66. The lowest BCUT2D eigenvalue weighted by molar-refractivity contribution is -0.121. The standard InChI is InChI=1S/C13H28N2O2/c1-11(2)10-17-9-5-8-15-12(16)6-7-13(3,4)14/h11H,5-10,14H2,1-4H3,(H,15,16). The van der Waals surface area contributed by atoms with Gasteiger partial charge in [0.15, 0.2) is 0 Å². The molecule has 0 bridgehead atoms. The molecule has 0 atom stereocenters. The van der Waals surface area contributed by atoms with Gasteiger partial charge in [-0.15, -0.1) is 0 Å². The van der Waals surface area contributed by atoms with E-state index in [9.17, 15) is 4.79 Å². The van der Waals surface area contributed by atoms with E-state index in [0.29, 0.717) is 31.9 Å². The summed E-state index contributed by atoms with van der Waals surface area (Å²) in [6, 6.07) is 0. The highest BCUT2D eigenvalue weighted by Crippen LogP contribution is 2.06. The van der Waals surface area contributed by atoms with Crippen LogP contribution in [0.3, 0.4) is 0 Å². The van der Waals surface area contributed by atoms with Gasteiger partial charge in [-0.25, -0.2) is 0 Å². The Labute approximate surface area is 105 Å². The molecule has 4 nitrogen and oxygen atoms in total. The van der Waals surface area contributed by atoms with E-state index in [0.717, 1.165) is 13.0 Å². The van der Waals surface area contributed by atoms with Crippen molar-refractivity contribution in [3.63, 3.8) is 0 Å². The van der Waals surface area contributed by atoms with Crippen molar-refractivity contribution in [2.75, 3.05) is 19.8 Å². The van der Waals surface area contributed by atoms with Crippen molar-refractivity contribution in [1.82, 2.24) is 5.32 Å². The molecule has 0 aliphatic carbocycles. The van der Waals surface area contributed by atoms with E-state index in [2.05, 4.69) is 19.2 Å². The lowest BCUT2D eigenvalue weighted by Gasteiger charge is -2.17. The van der Waals surface area contributed by atoms with Gasteiger partial charge in [0, 0.05) is 31.7 Å². The van der Waals surface area contributed by atoms with E-state index >= 15 is 0 Å². The zero-order chi connectivity index (χ0) is 13.3. The largest absolute Gasteiger partial charge is 0.381 e. The average molecular weight is 244 g/mol. The number of amides is 1. The summed E-state index contributed by atoms with van der Waals surface area (Å²) in [4.78, 5) is 11.4. The maximum Gasteiger partial charge on any atom is 0.220 e. The van der Waals surface area contributed by atoms with Gasteiger partial charge in [0.05, 0.1) is 0 Å². The van der Waals surface area contributed by atoms with Gasteiger partial charge in [-0.2, -0.15) is 0 Å². The summed E-state index contributed by atoms with van der Waals surface area (Å²) in [6.07, 6.45) is 2.07. The molecule has 0 fully saturated rings. The van der Waals surface area contributed by atoms with E-state index in [-0.39, 0.29) is 11.4 Å². The molecule has 102 valence electrons. The number of nitrogens with two attached hydrogens (primary N) is 1. The van der Waals surface area contributed by atoms with E-state index in [1.807, 2.05) is 13.8 Å². The van der Waals surface area contributed by atoms with E-state index in [4.69, 9.17) is 10.5 Å². The summed E-state index contributed by atoms with van der Waals surface area (Å²) in [5.74, 6) is 0.642. The second-order valence-electron chi connectivity index (χ2n) is 5.66. The Morgan fingerprint density at radius 2 is 2.06 bits per heavy atom. The number of hydrogen-bond donors (Lipinski definition) is 2. The minimum Gasteiger partial charge on any atom is -0.381 e. The molecule has 0 saturated carbocycles. The lowest BCUT2D eigenvalue weighted by Crippen LogP contribution is -2.34. The highest BCUT2D eigenvalue weighted by Gasteiger charge is 2.12. The fourth-order valence-electron chi connectivity index (χ4n) is 1.25. The van der Waals surface area contributed by atoms with E-state index in [1.54, 1.807) is 0 Å². The van der Waals surface area contributed by atoms with Crippen LogP contribution in [-0.2, 0) is 9.53 Å². The molecule has 3 N–H and O–H groups in total. The first-order valence-corrected chi connectivity index (χ1v) is 6.44. The first kappa shape index (κ1) is 16.4. The number of nitrogens with one attached hydrogen (secondary N) is 1. The number of carbonyl (C=O) groups is 1. The third-order valence-electron chi connectivity index (χ3n) is 2.24. The van der Waals surface area contributed by atoms with Crippen LogP contribution in [0, 0.1) is 5.92 Å². The van der Waals surface area contributed by atoms with Gasteiger partial charge in [-0.05, 0) is 32.6 Å². The Bertz CT molecular complexity index is 210. The second kappa shape index (κ2) is 8.48. The predicted molar refractivity (Wildman–Crippen MR) is 70.8 cm³/mol. The molecule has 1 amide bonds. The third kappa shape index (κ3) is 13.3. The molecule has 0 aromatic rings. The van der Waals surface area contributed by atoms with Crippen molar-refractivity contribution in [2.45, 2.75) is 52.5 Å². The molecule has 0 aromatic heterocycles. The predicted octanol–water partition coefficient (Wildman–Crippen LogP) is 1.68. The van der Waals surface area contributed by atoms with Crippen LogP contribution < -0.4 is 11.1 Å². The molecule has 0 radical (unpaired) electrons. The zero-order valence-corrected chi connectivity index (χ0v) is 11.7. The Morgan fingerprint density at radius 3 is 2.59 bits per heavy atom. The first-order valence-electron chi connectivity index (χ1n) is 6.44. The molecule has 0 aliphatic heterocycles. The van der Waals surface area contributed by atoms with Crippen molar-refractivity contribution in [3.05, 3.63) is 0 Å². The van der Waals surface area contributed by atoms with Crippen LogP contribution in [0.25, 0.3) is 0 Å². The van der Waals surface area contributed by atoms with Crippen LogP contribution in [-0.4, -0.2) is 31.2 Å². The van der Waals surface area contributed by atoms with Gasteiger partial charge < -0.3 is 15.8 Å². The Balaban J connectivity index is 3.34. The molecule has 0 heterocycles. The summed E-state index contributed by atoms with van der Waals surface area (Å²) >= 11 is 0. The van der Waals surface area contributed by atoms with Crippen molar-refractivity contribution in [3.8, 4) is 0 Å². The first-order chi connectivity index (χ1) is 7.81. The topological polar surface area (TPSA) is 64.3 Å². The molecule has 0 spiro atoms. The van der Waals surface area contributed by atoms with Gasteiger partial charge in [0.1, 0.15) is 0 Å². The zero-order valence-electron chi connectivity index (χ0n) is 11.7. The van der Waals surface area contributed by atoms with E-state index < -0.39 is 0 Å². The number of rotatable bonds is 9. The van der Waals surface area contributed by atoms with Crippen molar-refractivity contribution >= 4 is 5.91 Å². The molecular formula is C13H28N2O2. The van der Waals surface area contributed by atoms with Gasteiger partial charge in [-0.1, -0.05) is 13.8 Å². The quantitative estimate of drug-likeness (QED) is 0.607. The number of hydrogen-bond acceptors (Lipinski definition) is 3. The number of ether oxygens (including phenoxy) is 1. The average Bonchev–Trinajstić information content (AvgIpc) is 2.19. The Morgan fingerprint density at radius 1 is 1.41 bits per heavy atom.